The number of fused-ring (bicyclic) bond motifs is 7. The molecule has 2 heterocycles. The molecule has 1 nitrogen and oxygen atoms in total. The van der Waals surface area contributed by atoms with E-state index in [0.717, 1.165) is 17.1 Å². The topological polar surface area (TPSA) is 3.24 Å². The van der Waals surface area contributed by atoms with Crippen LogP contribution in [0, 0.1) is 0 Å². The summed E-state index contributed by atoms with van der Waals surface area (Å²) in [5, 5.41) is 7.81. The molecule has 12 rings (SSSR count). The molecule has 0 aliphatic rings. The molecule has 0 saturated heterocycles. The molecule has 3 heteroatoms. The molecule has 286 valence electrons. The van der Waals surface area contributed by atoms with Crippen LogP contribution in [0.15, 0.2) is 224 Å². The van der Waals surface area contributed by atoms with E-state index in [1.807, 2.05) is 22.7 Å². The Morgan fingerprint density at radius 1 is 0.262 bits per heavy atom. The minimum atomic E-state index is 1.10. The number of anilines is 3. The first-order valence-electron chi connectivity index (χ1n) is 20.7. The Kier molecular flexibility index (Phi) is 8.62. The molecule has 0 aliphatic heterocycles. The van der Waals surface area contributed by atoms with Crippen LogP contribution in [0.5, 0.6) is 0 Å². The third kappa shape index (κ3) is 6.21. The van der Waals surface area contributed by atoms with Crippen molar-refractivity contribution in [3.05, 3.63) is 224 Å². The Labute approximate surface area is 362 Å². The normalized spacial score (nSPS) is 11.6. The van der Waals surface area contributed by atoms with Crippen LogP contribution in [-0.4, -0.2) is 0 Å². The first-order valence-corrected chi connectivity index (χ1v) is 22.4. The fourth-order valence-electron chi connectivity index (χ4n) is 9.23. The number of thiophene rings is 2. The van der Waals surface area contributed by atoms with Crippen LogP contribution in [0.1, 0.15) is 0 Å². The molecular weight excluding hydrogens is 775 g/mol. The third-order valence-corrected chi connectivity index (χ3v) is 14.4. The van der Waals surface area contributed by atoms with Crippen molar-refractivity contribution in [2.75, 3.05) is 4.90 Å². The second kappa shape index (κ2) is 14.8. The minimum Gasteiger partial charge on any atom is -0.310 e. The van der Waals surface area contributed by atoms with E-state index in [9.17, 15) is 0 Å². The van der Waals surface area contributed by atoms with Crippen molar-refractivity contribution >= 4 is 90.9 Å². The van der Waals surface area contributed by atoms with E-state index >= 15 is 0 Å². The van der Waals surface area contributed by atoms with Crippen LogP contribution in [0.25, 0.3) is 95.6 Å². The summed E-state index contributed by atoms with van der Waals surface area (Å²) in [5.41, 5.74) is 13.1. The van der Waals surface area contributed by atoms with Crippen molar-refractivity contribution < 1.29 is 0 Å². The molecular formula is C58H37NS2. The second-order valence-electron chi connectivity index (χ2n) is 15.6. The minimum absolute atomic E-state index is 1.10. The van der Waals surface area contributed by atoms with Crippen molar-refractivity contribution in [2.24, 2.45) is 0 Å². The first kappa shape index (κ1) is 35.6. The van der Waals surface area contributed by atoms with Crippen LogP contribution >= 0.6 is 22.7 Å². The lowest BCUT2D eigenvalue weighted by Crippen LogP contribution is -2.10. The van der Waals surface area contributed by atoms with Gasteiger partial charge in [-0.3, -0.25) is 0 Å². The zero-order valence-corrected chi connectivity index (χ0v) is 34.8. The average molecular weight is 812 g/mol. The fraction of sp³-hybridized carbons (Fsp3) is 0. The summed E-state index contributed by atoms with van der Waals surface area (Å²) in [6.07, 6.45) is 0. The lowest BCUT2D eigenvalue weighted by Gasteiger charge is -2.26. The molecule has 10 aromatic carbocycles. The van der Waals surface area contributed by atoms with Crippen LogP contribution in [0.3, 0.4) is 0 Å². The van der Waals surface area contributed by atoms with Gasteiger partial charge in [-0.05, 0) is 122 Å². The van der Waals surface area contributed by atoms with E-state index in [1.165, 1.54) is 95.6 Å². The van der Waals surface area contributed by atoms with E-state index in [4.69, 9.17) is 0 Å². The summed E-state index contributed by atoms with van der Waals surface area (Å²) in [4.78, 5) is 2.40. The molecule has 2 aromatic heterocycles. The summed E-state index contributed by atoms with van der Waals surface area (Å²) in [7, 11) is 0. The molecule has 0 radical (unpaired) electrons. The van der Waals surface area contributed by atoms with E-state index in [-0.39, 0.29) is 0 Å². The number of rotatable bonds is 7. The predicted molar refractivity (Wildman–Crippen MR) is 266 cm³/mol. The van der Waals surface area contributed by atoms with Gasteiger partial charge in [-0.15, -0.1) is 22.7 Å². The number of benzene rings is 10. The van der Waals surface area contributed by atoms with Crippen LogP contribution in [-0.2, 0) is 0 Å². The summed E-state index contributed by atoms with van der Waals surface area (Å²) in [6.45, 7) is 0. The second-order valence-corrected chi connectivity index (χ2v) is 17.8. The first-order chi connectivity index (χ1) is 30.2. The molecule has 0 amide bonds. The molecule has 0 saturated carbocycles. The van der Waals surface area contributed by atoms with Gasteiger partial charge in [-0.25, -0.2) is 0 Å². The van der Waals surface area contributed by atoms with E-state index < -0.39 is 0 Å². The van der Waals surface area contributed by atoms with Gasteiger partial charge in [0, 0.05) is 57.4 Å². The highest BCUT2D eigenvalue weighted by atomic mass is 32.1. The highest BCUT2D eigenvalue weighted by Crippen LogP contribution is 2.44. The molecule has 0 fully saturated rings. The van der Waals surface area contributed by atoms with Gasteiger partial charge in [0.05, 0.1) is 0 Å². The Morgan fingerprint density at radius 3 is 1.33 bits per heavy atom. The summed E-state index contributed by atoms with van der Waals surface area (Å²) in [6, 6.07) is 82.4. The predicted octanol–water partition coefficient (Wildman–Crippen LogP) is 17.7. The van der Waals surface area contributed by atoms with Gasteiger partial charge in [0.25, 0.3) is 0 Å². The number of nitrogens with zero attached hydrogens (tertiary/aromatic N) is 1. The number of hydrogen-bond acceptors (Lipinski definition) is 3. The average Bonchev–Trinajstić information content (AvgIpc) is 3.91. The standard InChI is InChI=1S/C58H37NS2/c1-2-18-47-38(12-1)13-9-21-48(47)43-16-7-14-41(36-43)42-15-8-17-46(37-42)59(44-32-28-39(29-33-44)49-22-10-26-55-57(49)51-19-3-5-24-53(51)60-55)45-34-30-40(31-35-45)50-23-11-27-56-58(50)52-20-4-6-25-54(52)61-56/h1-37H. The van der Waals surface area contributed by atoms with Gasteiger partial charge in [0.15, 0.2) is 0 Å². The van der Waals surface area contributed by atoms with Crippen molar-refractivity contribution in [3.63, 3.8) is 0 Å². The molecule has 0 bridgehead atoms. The largest absolute Gasteiger partial charge is 0.310 e. The van der Waals surface area contributed by atoms with E-state index in [0.29, 0.717) is 0 Å². The van der Waals surface area contributed by atoms with Crippen molar-refractivity contribution in [1.82, 2.24) is 0 Å². The van der Waals surface area contributed by atoms with E-state index in [1.54, 1.807) is 0 Å². The van der Waals surface area contributed by atoms with Gasteiger partial charge >= 0.3 is 0 Å². The zero-order chi connectivity index (χ0) is 40.3. The van der Waals surface area contributed by atoms with Crippen molar-refractivity contribution in [1.29, 1.82) is 0 Å². The fourth-order valence-corrected chi connectivity index (χ4v) is 11.5. The molecule has 61 heavy (non-hydrogen) atoms. The van der Waals surface area contributed by atoms with Crippen LogP contribution in [0.4, 0.5) is 17.1 Å². The lowest BCUT2D eigenvalue weighted by molar-refractivity contribution is 1.28. The third-order valence-electron chi connectivity index (χ3n) is 12.1. The highest BCUT2D eigenvalue weighted by Gasteiger charge is 2.17. The molecule has 12 aromatic rings. The van der Waals surface area contributed by atoms with Crippen LogP contribution in [0.2, 0.25) is 0 Å². The van der Waals surface area contributed by atoms with Gasteiger partial charge in [0.1, 0.15) is 0 Å². The summed E-state index contributed by atoms with van der Waals surface area (Å²) >= 11 is 3.73. The smallest absolute Gasteiger partial charge is 0.0467 e. The Morgan fingerprint density at radius 2 is 0.705 bits per heavy atom. The Balaban J connectivity index is 0.971. The van der Waals surface area contributed by atoms with Gasteiger partial charge in [0.2, 0.25) is 0 Å². The van der Waals surface area contributed by atoms with Gasteiger partial charge in [-0.1, -0.05) is 158 Å². The summed E-state index contributed by atoms with van der Waals surface area (Å²) in [5.74, 6) is 0. The molecule has 0 spiro atoms. The van der Waals surface area contributed by atoms with Crippen molar-refractivity contribution in [2.45, 2.75) is 0 Å². The van der Waals surface area contributed by atoms with E-state index in [2.05, 4.69) is 229 Å². The Hall–Kier alpha value is -7.30. The maximum atomic E-state index is 2.40. The molecule has 0 atom stereocenters. The molecule has 0 aliphatic carbocycles. The maximum absolute atomic E-state index is 2.40. The molecule has 0 unspecified atom stereocenters. The quantitative estimate of drug-likeness (QED) is 0.155. The lowest BCUT2D eigenvalue weighted by atomic mass is 9.95. The number of hydrogen-bond donors (Lipinski definition) is 0. The Bertz CT molecular complexity index is 3430. The maximum Gasteiger partial charge on any atom is 0.0467 e. The van der Waals surface area contributed by atoms with Crippen molar-refractivity contribution in [3.8, 4) is 44.5 Å². The SMILES string of the molecule is c1cc(-c2cccc(N(c3ccc(-c4cccc5sc6ccccc6c45)cc3)c3ccc(-c4cccc5sc6ccccc6c45)cc3)c2)cc(-c2cccc3ccccc23)c1. The molecule has 0 N–H and O–H groups in total. The van der Waals surface area contributed by atoms with Gasteiger partial charge < -0.3 is 4.90 Å². The summed E-state index contributed by atoms with van der Waals surface area (Å²) < 4.78 is 5.28. The van der Waals surface area contributed by atoms with Crippen LogP contribution < -0.4 is 4.90 Å². The zero-order valence-electron chi connectivity index (χ0n) is 33.1. The highest BCUT2D eigenvalue weighted by molar-refractivity contribution is 7.26. The van der Waals surface area contributed by atoms with Gasteiger partial charge in [-0.2, -0.15) is 0 Å². The monoisotopic (exact) mass is 811 g/mol.